The van der Waals surface area contributed by atoms with Gasteiger partial charge in [-0.15, -0.1) is 0 Å². The molecular weight excluding hydrogens is 420 g/mol. The summed E-state index contributed by atoms with van der Waals surface area (Å²) in [6, 6.07) is 17.0. The van der Waals surface area contributed by atoms with Gasteiger partial charge < -0.3 is 14.6 Å². The predicted molar refractivity (Wildman–Crippen MR) is 122 cm³/mol. The molecule has 0 saturated carbocycles. The molecule has 33 heavy (non-hydrogen) atoms. The molecule has 3 heterocycles. The topological polar surface area (TPSA) is 89.0 Å². The standard InChI is InChI=1S/C26H22N2O5/c1-2-16-6-8-17(9-7-16)23-22(25(30)26(31)28(23)21-5-3-4-12-27-21)24(29)18-10-11-19-20(15-18)33-14-13-32-19/h3-12,15,23,29H,2,13-14H2,1H3/b24-22+. The van der Waals surface area contributed by atoms with Crippen molar-refractivity contribution in [1.29, 1.82) is 0 Å². The average molecular weight is 442 g/mol. The van der Waals surface area contributed by atoms with Crippen molar-refractivity contribution in [1.82, 2.24) is 4.98 Å². The minimum atomic E-state index is -0.820. The molecule has 166 valence electrons. The number of aliphatic hydroxyl groups is 1. The molecule has 1 aromatic heterocycles. The molecule has 2 aliphatic heterocycles. The number of Topliss-reactive ketones (excluding diaryl/α,β-unsaturated/α-hetero) is 1. The van der Waals surface area contributed by atoms with E-state index in [9.17, 15) is 14.7 Å². The van der Waals surface area contributed by atoms with Gasteiger partial charge in [0.25, 0.3) is 5.78 Å². The van der Waals surface area contributed by atoms with E-state index >= 15 is 0 Å². The highest BCUT2D eigenvalue weighted by atomic mass is 16.6. The zero-order valence-corrected chi connectivity index (χ0v) is 18.0. The molecule has 7 nitrogen and oxygen atoms in total. The monoisotopic (exact) mass is 442 g/mol. The number of aliphatic hydroxyl groups excluding tert-OH is 1. The summed E-state index contributed by atoms with van der Waals surface area (Å²) in [5, 5.41) is 11.3. The van der Waals surface area contributed by atoms with Gasteiger partial charge in [0.2, 0.25) is 0 Å². The summed E-state index contributed by atoms with van der Waals surface area (Å²) in [6.45, 7) is 2.89. The molecule has 2 aliphatic rings. The first-order valence-electron chi connectivity index (χ1n) is 10.8. The maximum absolute atomic E-state index is 13.2. The number of amides is 1. The first-order valence-corrected chi connectivity index (χ1v) is 10.8. The van der Waals surface area contributed by atoms with E-state index in [4.69, 9.17) is 9.47 Å². The van der Waals surface area contributed by atoms with Crippen LogP contribution in [0.2, 0.25) is 0 Å². The highest BCUT2D eigenvalue weighted by Crippen LogP contribution is 2.42. The van der Waals surface area contributed by atoms with Crippen molar-refractivity contribution in [3.63, 3.8) is 0 Å². The van der Waals surface area contributed by atoms with Crippen molar-refractivity contribution in [2.24, 2.45) is 0 Å². The smallest absolute Gasteiger partial charge is 0.301 e. The lowest BCUT2D eigenvalue weighted by Crippen LogP contribution is -2.30. The predicted octanol–water partition coefficient (Wildman–Crippen LogP) is 4.04. The van der Waals surface area contributed by atoms with E-state index in [-0.39, 0.29) is 11.3 Å². The van der Waals surface area contributed by atoms with Crippen LogP contribution in [0.1, 0.15) is 29.7 Å². The van der Waals surface area contributed by atoms with Crippen LogP contribution in [0.5, 0.6) is 11.5 Å². The summed E-state index contributed by atoms with van der Waals surface area (Å²) in [7, 11) is 0. The Morgan fingerprint density at radius 1 is 1.03 bits per heavy atom. The molecule has 0 spiro atoms. The van der Waals surface area contributed by atoms with E-state index in [1.165, 1.54) is 4.90 Å². The van der Waals surface area contributed by atoms with Gasteiger partial charge in [-0.25, -0.2) is 4.98 Å². The molecule has 1 fully saturated rings. The summed E-state index contributed by atoms with van der Waals surface area (Å²) in [6.07, 6.45) is 2.42. The third-order valence-electron chi connectivity index (χ3n) is 5.86. The molecular formula is C26H22N2O5. The quantitative estimate of drug-likeness (QED) is 0.373. The number of carbonyl (C=O) groups is 2. The molecule has 2 aromatic carbocycles. The number of nitrogens with zero attached hydrogens (tertiary/aromatic N) is 2. The van der Waals surface area contributed by atoms with Gasteiger partial charge in [-0.3, -0.25) is 14.5 Å². The third-order valence-corrected chi connectivity index (χ3v) is 5.86. The lowest BCUT2D eigenvalue weighted by molar-refractivity contribution is -0.132. The fourth-order valence-electron chi connectivity index (χ4n) is 4.16. The molecule has 7 heteroatoms. The van der Waals surface area contributed by atoms with Gasteiger partial charge >= 0.3 is 5.91 Å². The number of rotatable bonds is 4. The van der Waals surface area contributed by atoms with Gasteiger partial charge in [0.05, 0.1) is 11.6 Å². The third kappa shape index (κ3) is 3.61. The fraction of sp³-hybridized carbons (Fsp3) is 0.192. The molecule has 0 radical (unpaired) electrons. The zero-order chi connectivity index (χ0) is 22.9. The van der Waals surface area contributed by atoms with Gasteiger partial charge in [0.1, 0.15) is 24.8 Å². The lowest BCUT2D eigenvalue weighted by Gasteiger charge is -2.24. The van der Waals surface area contributed by atoms with Crippen LogP contribution in [0.4, 0.5) is 5.82 Å². The number of hydrogen-bond donors (Lipinski definition) is 1. The Morgan fingerprint density at radius 3 is 2.48 bits per heavy atom. The van der Waals surface area contributed by atoms with Crippen molar-refractivity contribution in [3.8, 4) is 11.5 Å². The number of anilines is 1. The summed E-state index contributed by atoms with van der Waals surface area (Å²) in [4.78, 5) is 32.0. The molecule has 1 N–H and O–H groups in total. The lowest BCUT2D eigenvalue weighted by atomic mass is 9.94. The van der Waals surface area contributed by atoms with Crippen LogP contribution >= 0.6 is 0 Å². The SMILES string of the molecule is CCc1ccc(C2/C(=C(\O)c3ccc4c(c3)OCCO4)C(=O)C(=O)N2c2ccccn2)cc1. The fourth-order valence-corrected chi connectivity index (χ4v) is 4.16. The van der Waals surface area contributed by atoms with Gasteiger partial charge in [0, 0.05) is 11.8 Å². The average Bonchev–Trinajstić information content (AvgIpc) is 3.14. The van der Waals surface area contributed by atoms with Gasteiger partial charge in [-0.2, -0.15) is 0 Å². The Kier molecular flexibility index (Phi) is 5.30. The molecule has 0 aliphatic carbocycles. The molecule has 5 rings (SSSR count). The number of aryl methyl sites for hydroxylation is 1. The summed E-state index contributed by atoms with van der Waals surface area (Å²) < 4.78 is 11.2. The number of hydrogen-bond acceptors (Lipinski definition) is 6. The minimum absolute atomic E-state index is 0.00609. The Morgan fingerprint density at radius 2 is 1.79 bits per heavy atom. The van der Waals surface area contributed by atoms with Crippen molar-refractivity contribution < 1.29 is 24.2 Å². The maximum atomic E-state index is 13.2. The number of carbonyl (C=O) groups excluding carboxylic acids is 2. The van der Waals surface area contributed by atoms with Crippen LogP contribution in [-0.2, 0) is 16.0 Å². The zero-order valence-electron chi connectivity index (χ0n) is 18.0. The van der Waals surface area contributed by atoms with Gasteiger partial charge in [-0.05, 0) is 47.9 Å². The normalized spacial score (nSPS) is 19.1. The van der Waals surface area contributed by atoms with Gasteiger partial charge in [0.15, 0.2) is 11.5 Å². The first-order chi connectivity index (χ1) is 16.1. The summed E-state index contributed by atoms with van der Waals surface area (Å²) in [5.74, 6) is -0.389. The van der Waals surface area contributed by atoms with Crippen LogP contribution in [0.3, 0.4) is 0 Å². The molecule has 0 bridgehead atoms. The molecule has 1 unspecified atom stereocenters. The van der Waals surface area contributed by atoms with Crippen molar-refractivity contribution in [2.75, 3.05) is 18.1 Å². The molecule has 1 saturated heterocycles. The second-order valence-corrected chi connectivity index (χ2v) is 7.81. The summed E-state index contributed by atoms with van der Waals surface area (Å²) in [5.41, 5.74) is 2.21. The second kappa shape index (κ2) is 8.43. The van der Waals surface area contributed by atoms with Crippen LogP contribution in [0.15, 0.2) is 72.4 Å². The number of aromatic nitrogens is 1. The van der Waals surface area contributed by atoms with Gasteiger partial charge in [-0.1, -0.05) is 37.3 Å². The van der Waals surface area contributed by atoms with E-state index in [0.717, 1.165) is 12.0 Å². The highest BCUT2D eigenvalue weighted by molar-refractivity contribution is 6.51. The van der Waals surface area contributed by atoms with Crippen LogP contribution in [0.25, 0.3) is 5.76 Å². The van der Waals surface area contributed by atoms with Crippen LogP contribution < -0.4 is 14.4 Å². The Labute approximate surface area is 190 Å². The number of pyridine rings is 1. The van der Waals surface area contributed by atoms with E-state index < -0.39 is 17.7 Å². The Balaban J connectivity index is 1.68. The Bertz CT molecular complexity index is 1250. The van der Waals surface area contributed by atoms with Crippen LogP contribution in [0, 0.1) is 0 Å². The van der Waals surface area contributed by atoms with Crippen molar-refractivity contribution in [2.45, 2.75) is 19.4 Å². The number of ether oxygens (including phenoxy) is 2. The highest BCUT2D eigenvalue weighted by Gasteiger charge is 2.47. The van der Waals surface area contributed by atoms with E-state index in [1.54, 1.807) is 42.6 Å². The molecule has 1 atom stereocenters. The summed E-state index contributed by atoms with van der Waals surface area (Å²) >= 11 is 0. The van der Waals surface area contributed by atoms with E-state index in [0.29, 0.717) is 41.7 Å². The number of fused-ring (bicyclic) bond motifs is 1. The second-order valence-electron chi connectivity index (χ2n) is 7.81. The molecule has 3 aromatic rings. The molecule has 1 amide bonds. The first kappa shape index (κ1) is 20.8. The maximum Gasteiger partial charge on any atom is 0.301 e. The van der Waals surface area contributed by atoms with Crippen molar-refractivity contribution >= 4 is 23.3 Å². The largest absolute Gasteiger partial charge is 0.507 e. The van der Waals surface area contributed by atoms with Crippen molar-refractivity contribution in [3.05, 3.63) is 89.1 Å². The minimum Gasteiger partial charge on any atom is -0.507 e. The van der Waals surface area contributed by atoms with E-state index in [1.807, 2.05) is 24.3 Å². The number of ketones is 1. The number of benzene rings is 2. The van der Waals surface area contributed by atoms with E-state index in [2.05, 4.69) is 11.9 Å². The van der Waals surface area contributed by atoms with Crippen LogP contribution in [-0.4, -0.2) is 35.0 Å². The Hall–Kier alpha value is -4.13.